The molecule has 0 aliphatic heterocycles. The first-order valence-corrected chi connectivity index (χ1v) is 6.34. The van der Waals surface area contributed by atoms with Crippen LogP contribution in [0.25, 0.3) is 32.6 Å². The third kappa shape index (κ3) is 1.37. The number of nitrogens with one attached hydrogen (secondary N) is 1. The standard InChI is InChI=1S/C17H13NO/c1-19-16-10-14-11-6-4-5-9-15(11)18-17(14)13-8-3-2-7-12(13)16/h2-10,18H,1H3. The molecule has 0 fully saturated rings. The Kier molecular flexibility index (Phi) is 2.06. The van der Waals surface area contributed by atoms with Crippen molar-refractivity contribution < 1.29 is 4.74 Å². The van der Waals surface area contributed by atoms with Gasteiger partial charge >= 0.3 is 0 Å². The van der Waals surface area contributed by atoms with Crippen molar-refractivity contribution in [2.45, 2.75) is 0 Å². The van der Waals surface area contributed by atoms with Crippen LogP contribution in [0.5, 0.6) is 5.75 Å². The number of aromatic amines is 1. The molecule has 2 heteroatoms. The quantitative estimate of drug-likeness (QED) is 0.527. The summed E-state index contributed by atoms with van der Waals surface area (Å²) in [6.45, 7) is 0. The van der Waals surface area contributed by atoms with Gasteiger partial charge in [0.2, 0.25) is 0 Å². The highest BCUT2D eigenvalue weighted by Crippen LogP contribution is 2.36. The lowest BCUT2D eigenvalue weighted by atomic mass is 10.0. The lowest BCUT2D eigenvalue weighted by molar-refractivity contribution is 0.420. The molecule has 1 N–H and O–H groups in total. The molecule has 4 aromatic rings. The fourth-order valence-electron chi connectivity index (χ4n) is 2.82. The van der Waals surface area contributed by atoms with Gasteiger partial charge in [0.1, 0.15) is 5.75 Å². The van der Waals surface area contributed by atoms with Crippen LogP contribution in [-0.2, 0) is 0 Å². The molecular weight excluding hydrogens is 234 g/mol. The molecule has 1 aromatic heterocycles. The van der Waals surface area contributed by atoms with Crippen LogP contribution in [0.15, 0.2) is 54.6 Å². The molecule has 0 saturated heterocycles. The zero-order valence-electron chi connectivity index (χ0n) is 10.6. The average molecular weight is 247 g/mol. The number of methoxy groups -OCH3 is 1. The molecule has 92 valence electrons. The van der Waals surface area contributed by atoms with Crippen LogP contribution in [0.1, 0.15) is 0 Å². The fraction of sp³-hybridized carbons (Fsp3) is 0.0588. The topological polar surface area (TPSA) is 25.0 Å². The van der Waals surface area contributed by atoms with Gasteiger partial charge in [0.15, 0.2) is 0 Å². The first kappa shape index (κ1) is 10.4. The lowest BCUT2D eigenvalue weighted by Gasteiger charge is -2.06. The van der Waals surface area contributed by atoms with E-state index in [1.165, 1.54) is 21.7 Å². The third-order valence-corrected chi connectivity index (χ3v) is 3.70. The average Bonchev–Trinajstić information content (AvgIpc) is 2.85. The molecule has 0 radical (unpaired) electrons. The van der Waals surface area contributed by atoms with E-state index < -0.39 is 0 Å². The second kappa shape index (κ2) is 3.75. The van der Waals surface area contributed by atoms with Gasteiger partial charge in [0.05, 0.1) is 12.6 Å². The van der Waals surface area contributed by atoms with E-state index in [2.05, 4.69) is 53.5 Å². The molecule has 1 heterocycles. The van der Waals surface area contributed by atoms with E-state index in [0.717, 1.165) is 16.7 Å². The van der Waals surface area contributed by atoms with Crippen molar-refractivity contribution >= 4 is 32.6 Å². The zero-order valence-corrected chi connectivity index (χ0v) is 10.6. The van der Waals surface area contributed by atoms with Crippen molar-refractivity contribution in [2.24, 2.45) is 0 Å². The smallest absolute Gasteiger partial charge is 0.127 e. The fourth-order valence-corrected chi connectivity index (χ4v) is 2.82. The van der Waals surface area contributed by atoms with Gasteiger partial charge in [-0.3, -0.25) is 0 Å². The van der Waals surface area contributed by atoms with E-state index in [9.17, 15) is 0 Å². The molecule has 19 heavy (non-hydrogen) atoms. The third-order valence-electron chi connectivity index (χ3n) is 3.70. The maximum atomic E-state index is 5.54. The SMILES string of the molecule is COc1cc2c3ccccc3[nH]c2c2ccccc12. The van der Waals surface area contributed by atoms with Crippen LogP contribution in [-0.4, -0.2) is 12.1 Å². The van der Waals surface area contributed by atoms with Gasteiger partial charge in [0.25, 0.3) is 0 Å². The van der Waals surface area contributed by atoms with Crippen molar-refractivity contribution in [1.29, 1.82) is 0 Å². The van der Waals surface area contributed by atoms with E-state index in [1.54, 1.807) is 7.11 Å². The van der Waals surface area contributed by atoms with Crippen molar-refractivity contribution in [3.8, 4) is 5.75 Å². The van der Waals surface area contributed by atoms with Gasteiger partial charge in [-0.05, 0) is 12.1 Å². The van der Waals surface area contributed by atoms with Gasteiger partial charge in [-0.15, -0.1) is 0 Å². The van der Waals surface area contributed by atoms with E-state index in [0.29, 0.717) is 0 Å². The van der Waals surface area contributed by atoms with Crippen LogP contribution in [0, 0.1) is 0 Å². The first-order valence-electron chi connectivity index (χ1n) is 6.34. The van der Waals surface area contributed by atoms with Crippen LogP contribution in [0.2, 0.25) is 0 Å². The van der Waals surface area contributed by atoms with Crippen molar-refractivity contribution in [2.75, 3.05) is 7.11 Å². The van der Waals surface area contributed by atoms with Crippen molar-refractivity contribution in [3.63, 3.8) is 0 Å². The number of rotatable bonds is 1. The second-order valence-electron chi connectivity index (χ2n) is 4.72. The zero-order chi connectivity index (χ0) is 12.8. The summed E-state index contributed by atoms with van der Waals surface area (Å²) in [6, 6.07) is 18.8. The summed E-state index contributed by atoms with van der Waals surface area (Å²) in [5.41, 5.74) is 2.34. The Hall–Kier alpha value is -2.48. The normalized spacial score (nSPS) is 11.4. The Morgan fingerprint density at radius 3 is 2.26 bits per heavy atom. The lowest BCUT2D eigenvalue weighted by Crippen LogP contribution is -1.85. The molecule has 0 saturated carbocycles. The Balaban J connectivity index is 2.32. The summed E-state index contributed by atoms with van der Waals surface area (Å²) < 4.78 is 5.54. The molecule has 0 unspecified atom stereocenters. The Labute approximate surface area is 110 Å². The number of para-hydroxylation sites is 1. The molecule has 2 nitrogen and oxygen atoms in total. The molecule has 0 atom stereocenters. The van der Waals surface area contributed by atoms with Gasteiger partial charge in [-0.25, -0.2) is 0 Å². The molecule has 0 bridgehead atoms. The minimum atomic E-state index is 0.924. The van der Waals surface area contributed by atoms with Crippen LogP contribution in [0.4, 0.5) is 0 Å². The van der Waals surface area contributed by atoms with Crippen LogP contribution < -0.4 is 4.74 Å². The number of ether oxygens (including phenoxy) is 1. The monoisotopic (exact) mass is 247 g/mol. The predicted octanol–water partition coefficient (Wildman–Crippen LogP) is 4.48. The maximum Gasteiger partial charge on any atom is 0.127 e. The van der Waals surface area contributed by atoms with Crippen LogP contribution >= 0.6 is 0 Å². The van der Waals surface area contributed by atoms with E-state index in [-0.39, 0.29) is 0 Å². The second-order valence-corrected chi connectivity index (χ2v) is 4.72. The largest absolute Gasteiger partial charge is 0.496 e. The number of hydrogen-bond acceptors (Lipinski definition) is 1. The number of benzene rings is 3. The Morgan fingerprint density at radius 2 is 1.47 bits per heavy atom. The Morgan fingerprint density at radius 1 is 0.789 bits per heavy atom. The first-order chi connectivity index (χ1) is 9.38. The van der Waals surface area contributed by atoms with Gasteiger partial charge in [-0.1, -0.05) is 42.5 Å². The summed E-state index contributed by atoms with van der Waals surface area (Å²) in [4.78, 5) is 3.52. The van der Waals surface area contributed by atoms with Gasteiger partial charge in [0, 0.05) is 27.1 Å². The maximum absolute atomic E-state index is 5.54. The van der Waals surface area contributed by atoms with Gasteiger partial charge < -0.3 is 9.72 Å². The highest BCUT2D eigenvalue weighted by Gasteiger charge is 2.10. The predicted molar refractivity (Wildman–Crippen MR) is 79.9 cm³/mol. The highest BCUT2D eigenvalue weighted by molar-refractivity contribution is 6.18. The summed E-state index contributed by atoms with van der Waals surface area (Å²) >= 11 is 0. The van der Waals surface area contributed by atoms with Gasteiger partial charge in [-0.2, -0.15) is 0 Å². The van der Waals surface area contributed by atoms with E-state index in [4.69, 9.17) is 4.74 Å². The van der Waals surface area contributed by atoms with E-state index in [1.807, 2.05) is 6.07 Å². The molecule has 4 rings (SSSR count). The van der Waals surface area contributed by atoms with Crippen molar-refractivity contribution in [1.82, 2.24) is 4.98 Å². The summed E-state index contributed by atoms with van der Waals surface area (Å²) in [5.74, 6) is 0.924. The number of H-pyrrole nitrogens is 1. The molecule has 0 aliphatic rings. The van der Waals surface area contributed by atoms with Crippen molar-refractivity contribution in [3.05, 3.63) is 54.6 Å². The minimum Gasteiger partial charge on any atom is -0.496 e. The molecular formula is C17H13NO. The van der Waals surface area contributed by atoms with E-state index >= 15 is 0 Å². The minimum absolute atomic E-state index is 0.924. The number of aromatic nitrogens is 1. The molecule has 0 aliphatic carbocycles. The molecule has 0 spiro atoms. The number of hydrogen-bond donors (Lipinski definition) is 1. The summed E-state index contributed by atoms with van der Waals surface area (Å²) in [6.07, 6.45) is 0. The molecule has 3 aromatic carbocycles. The summed E-state index contributed by atoms with van der Waals surface area (Å²) in [5, 5.41) is 4.80. The Bertz CT molecular complexity index is 905. The summed E-state index contributed by atoms with van der Waals surface area (Å²) in [7, 11) is 1.72. The number of fused-ring (bicyclic) bond motifs is 5. The molecule has 0 amide bonds. The van der Waals surface area contributed by atoms with Crippen LogP contribution in [0.3, 0.4) is 0 Å². The highest BCUT2D eigenvalue weighted by atomic mass is 16.5.